The van der Waals surface area contributed by atoms with Crippen molar-refractivity contribution in [2.24, 2.45) is 0 Å². The van der Waals surface area contributed by atoms with E-state index >= 15 is 0 Å². The molecule has 66 valence electrons. The smallest absolute Gasteiger partial charge is 0.0705 e. The highest BCUT2D eigenvalue weighted by atomic mass is 16.3. The number of hydrogen-bond acceptors (Lipinski definition) is 2. The molecule has 1 heterocycles. The molecule has 1 aliphatic rings. The molecule has 2 rings (SSSR count). The second-order valence-corrected chi connectivity index (χ2v) is 3.56. The molecule has 12 heavy (non-hydrogen) atoms. The Hall–Kier alpha value is -0.830. The summed E-state index contributed by atoms with van der Waals surface area (Å²) < 4.78 is 1.89. The molecule has 1 saturated carbocycles. The maximum atomic E-state index is 9.61. The Labute approximate surface area is 72.0 Å². The fourth-order valence-corrected chi connectivity index (χ4v) is 1.33. The Morgan fingerprint density at radius 1 is 1.67 bits per heavy atom. The zero-order valence-electron chi connectivity index (χ0n) is 7.32. The Morgan fingerprint density at radius 3 is 2.92 bits per heavy atom. The summed E-state index contributed by atoms with van der Waals surface area (Å²) in [6.45, 7) is 2.96. The summed E-state index contributed by atoms with van der Waals surface area (Å²) in [5.41, 5.74) is 0.601. The predicted octanol–water partition coefficient (Wildman–Crippen LogP) is 0.970. The van der Waals surface area contributed by atoms with E-state index in [2.05, 4.69) is 12.0 Å². The summed E-state index contributed by atoms with van der Waals surface area (Å²) in [6.07, 6.45) is 4.55. The number of aryl methyl sites for hydroxylation is 1. The summed E-state index contributed by atoms with van der Waals surface area (Å²) >= 11 is 0. The summed E-state index contributed by atoms with van der Waals surface area (Å²) in [4.78, 5) is 0. The SMILES string of the molecule is CCn1ccc(CC2(O)CC2)n1. The van der Waals surface area contributed by atoms with Gasteiger partial charge < -0.3 is 5.11 Å². The number of hydrogen-bond donors (Lipinski definition) is 1. The molecule has 0 amide bonds. The molecule has 1 aliphatic carbocycles. The fourth-order valence-electron chi connectivity index (χ4n) is 1.33. The van der Waals surface area contributed by atoms with Crippen LogP contribution in [-0.4, -0.2) is 20.5 Å². The molecule has 0 radical (unpaired) electrons. The van der Waals surface area contributed by atoms with Crippen molar-refractivity contribution in [3.8, 4) is 0 Å². The van der Waals surface area contributed by atoms with Gasteiger partial charge in [-0.1, -0.05) is 0 Å². The average Bonchev–Trinajstić information content (AvgIpc) is 2.63. The van der Waals surface area contributed by atoms with E-state index in [0.717, 1.165) is 31.5 Å². The van der Waals surface area contributed by atoms with E-state index in [1.807, 2.05) is 16.9 Å². The van der Waals surface area contributed by atoms with Crippen molar-refractivity contribution in [3.63, 3.8) is 0 Å². The highest BCUT2D eigenvalue weighted by molar-refractivity contribution is 5.08. The van der Waals surface area contributed by atoms with E-state index in [9.17, 15) is 5.11 Å². The van der Waals surface area contributed by atoms with Crippen molar-refractivity contribution in [2.75, 3.05) is 0 Å². The topological polar surface area (TPSA) is 38.0 Å². The lowest BCUT2D eigenvalue weighted by Crippen LogP contribution is -2.11. The lowest BCUT2D eigenvalue weighted by molar-refractivity contribution is 0.149. The van der Waals surface area contributed by atoms with Gasteiger partial charge in [0.05, 0.1) is 11.3 Å². The second kappa shape index (κ2) is 2.59. The van der Waals surface area contributed by atoms with Crippen molar-refractivity contribution in [2.45, 2.75) is 38.3 Å². The maximum Gasteiger partial charge on any atom is 0.0705 e. The van der Waals surface area contributed by atoms with Crippen LogP contribution in [0, 0.1) is 0 Å². The Balaban J connectivity index is 2.03. The summed E-state index contributed by atoms with van der Waals surface area (Å²) in [5.74, 6) is 0. The van der Waals surface area contributed by atoms with E-state index in [0.29, 0.717) is 0 Å². The van der Waals surface area contributed by atoms with Gasteiger partial charge in [0.15, 0.2) is 0 Å². The first kappa shape index (κ1) is 7.80. The zero-order valence-corrected chi connectivity index (χ0v) is 7.32. The normalized spacial score (nSPS) is 19.5. The molecule has 1 N–H and O–H groups in total. The molecule has 0 bridgehead atoms. The van der Waals surface area contributed by atoms with Crippen LogP contribution in [0.1, 0.15) is 25.5 Å². The lowest BCUT2D eigenvalue weighted by Gasteiger charge is -2.02. The number of nitrogens with zero attached hydrogens (tertiary/aromatic N) is 2. The Bertz CT molecular complexity index is 276. The van der Waals surface area contributed by atoms with Crippen LogP contribution in [0.3, 0.4) is 0 Å². The first-order chi connectivity index (χ1) is 5.72. The van der Waals surface area contributed by atoms with Gasteiger partial charge in [-0.3, -0.25) is 4.68 Å². The minimum Gasteiger partial charge on any atom is -0.389 e. The molecular weight excluding hydrogens is 152 g/mol. The highest BCUT2D eigenvalue weighted by Crippen LogP contribution is 2.37. The van der Waals surface area contributed by atoms with Crippen LogP contribution < -0.4 is 0 Å². The highest BCUT2D eigenvalue weighted by Gasteiger charge is 2.40. The average molecular weight is 166 g/mol. The minimum absolute atomic E-state index is 0.410. The van der Waals surface area contributed by atoms with E-state index in [1.54, 1.807) is 0 Å². The quantitative estimate of drug-likeness (QED) is 0.726. The molecule has 0 unspecified atom stereocenters. The molecule has 0 saturated heterocycles. The second-order valence-electron chi connectivity index (χ2n) is 3.56. The van der Waals surface area contributed by atoms with Gasteiger partial charge in [-0.2, -0.15) is 5.10 Å². The summed E-state index contributed by atoms with van der Waals surface area (Å²) in [5, 5.41) is 13.9. The van der Waals surface area contributed by atoms with Gasteiger partial charge in [-0.05, 0) is 25.8 Å². The van der Waals surface area contributed by atoms with Gasteiger partial charge in [-0.25, -0.2) is 0 Å². The molecule has 1 fully saturated rings. The van der Waals surface area contributed by atoms with Crippen molar-refractivity contribution in [3.05, 3.63) is 18.0 Å². The number of rotatable bonds is 3. The van der Waals surface area contributed by atoms with Crippen LogP contribution in [0.15, 0.2) is 12.3 Å². The summed E-state index contributed by atoms with van der Waals surface area (Å²) in [7, 11) is 0. The largest absolute Gasteiger partial charge is 0.389 e. The molecule has 3 nitrogen and oxygen atoms in total. The third-order valence-electron chi connectivity index (χ3n) is 2.36. The molecule has 0 atom stereocenters. The van der Waals surface area contributed by atoms with E-state index in [-0.39, 0.29) is 0 Å². The molecule has 0 spiro atoms. The van der Waals surface area contributed by atoms with Crippen LogP contribution in [0.2, 0.25) is 0 Å². The first-order valence-corrected chi connectivity index (χ1v) is 4.46. The minimum atomic E-state index is -0.410. The lowest BCUT2D eigenvalue weighted by atomic mass is 10.2. The van der Waals surface area contributed by atoms with Crippen molar-refractivity contribution >= 4 is 0 Å². The van der Waals surface area contributed by atoms with E-state index in [4.69, 9.17) is 0 Å². The van der Waals surface area contributed by atoms with Crippen LogP contribution in [0.5, 0.6) is 0 Å². The Morgan fingerprint density at radius 2 is 2.42 bits per heavy atom. The van der Waals surface area contributed by atoms with Gasteiger partial charge in [0.1, 0.15) is 0 Å². The molecule has 0 aromatic carbocycles. The van der Waals surface area contributed by atoms with Crippen LogP contribution in [-0.2, 0) is 13.0 Å². The van der Waals surface area contributed by atoms with Crippen molar-refractivity contribution in [1.82, 2.24) is 9.78 Å². The first-order valence-electron chi connectivity index (χ1n) is 4.46. The molecule has 0 aliphatic heterocycles. The molecule has 1 aromatic rings. The van der Waals surface area contributed by atoms with Gasteiger partial charge in [0.25, 0.3) is 0 Å². The van der Waals surface area contributed by atoms with Gasteiger partial charge in [0, 0.05) is 19.2 Å². The van der Waals surface area contributed by atoms with E-state index in [1.165, 1.54) is 0 Å². The monoisotopic (exact) mass is 166 g/mol. The standard InChI is InChI=1S/C9H14N2O/c1-2-11-6-3-8(10-11)7-9(12)4-5-9/h3,6,12H,2,4-5,7H2,1H3. The number of aliphatic hydroxyl groups is 1. The van der Waals surface area contributed by atoms with Crippen molar-refractivity contribution in [1.29, 1.82) is 0 Å². The summed E-state index contributed by atoms with van der Waals surface area (Å²) in [6, 6.07) is 1.99. The zero-order chi connectivity index (χ0) is 8.60. The van der Waals surface area contributed by atoms with Crippen LogP contribution in [0.4, 0.5) is 0 Å². The molecule has 3 heteroatoms. The van der Waals surface area contributed by atoms with E-state index < -0.39 is 5.60 Å². The molecular formula is C9H14N2O. The fraction of sp³-hybridized carbons (Fsp3) is 0.667. The van der Waals surface area contributed by atoms with Crippen LogP contribution >= 0.6 is 0 Å². The van der Waals surface area contributed by atoms with Gasteiger partial charge in [0.2, 0.25) is 0 Å². The predicted molar refractivity (Wildman–Crippen MR) is 45.8 cm³/mol. The van der Waals surface area contributed by atoms with Crippen LogP contribution in [0.25, 0.3) is 0 Å². The Kier molecular flexibility index (Phi) is 1.68. The van der Waals surface area contributed by atoms with Gasteiger partial charge in [-0.15, -0.1) is 0 Å². The third-order valence-corrected chi connectivity index (χ3v) is 2.36. The van der Waals surface area contributed by atoms with Crippen molar-refractivity contribution < 1.29 is 5.11 Å². The maximum absolute atomic E-state index is 9.61. The third kappa shape index (κ3) is 1.50. The molecule has 1 aromatic heterocycles. The number of aromatic nitrogens is 2. The van der Waals surface area contributed by atoms with Gasteiger partial charge >= 0.3 is 0 Å².